The third-order valence-corrected chi connectivity index (χ3v) is 2.82. The first-order valence-corrected chi connectivity index (χ1v) is 6.72. The molecule has 114 valence electrons. The molecule has 0 bridgehead atoms. The number of methoxy groups -OCH3 is 1. The number of rotatable bonds is 6. The second kappa shape index (κ2) is 7.78. The monoisotopic (exact) mass is 299 g/mol. The molecule has 0 aliphatic rings. The van der Waals surface area contributed by atoms with Crippen molar-refractivity contribution in [1.29, 1.82) is 0 Å². The normalized spacial score (nSPS) is 11.9. The molecule has 6 heteroatoms. The predicted molar refractivity (Wildman–Crippen MR) is 83.1 cm³/mol. The lowest BCUT2D eigenvalue weighted by atomic mass is 10.3. The molecular formula is C16H17N3O3. The first-order valence-electron chi connectivity index (χ1n) is 6.72. The van der Waals surface area contributed by atoms with Gasteiger partial charge in [-0.05, 0) is 36.8 Å². The van der Waals surface area contributed by atoms with Crippen molar-refractivity contribution in [2.75, 3.05) is 7.11 Å². The van der Waals surface area contributed by atoms with Gasteiger partial charge in [0.15, 0.2) is 6.10 Å². The third-order valence-electron chi connectivity index (χ3n) is 2.82. The highest BCUT2D eigenvalue weighted by molar-refractivity contribution is 5.84. The summed E-state index contributed by atoms with van der Waals surface area (Å²) in [6.45, 7) is 1.65. The molecule has 0 radical (unpaired) electrons. The second-order valence-electron chi connectivity index (χ2n) is 4.45. The van der Waals surface area contributed by atoms with Crippen LogP contribution in [0.3, 0.4) is 0 Å². The van der Waals surface area contributed by atoms with Crippen molar-refractivity contribution in [3.63, 3.8) is 0 Å². The van der Waals surface area contributed by atoms with Crippen LogP contribution < -0.4 is 14.9 Å². The van der Waals surface area contributed by atoms with Crippen molar-refractivity contribution in [2.45, 2.75) is 13.0 Å². The lowest BCUT2D eigenvalue weighted by Gasteiger charge is -2.13. The smallest absolute Gasteiger partial charge is 0.280 e. The Morgan fingerprint density at radius 1 is 1.27 bits per heavy atom. The van der Waals surface area contributed by atoms with Crippen molar-refractivity contribution >= 4 is 12.1 Å². The van der Waals surface area contributed by atoms with E-state index in [2.05, 4.69) is 15.5 Å². The Kier molecular flexibility index (Phi) is 5.48. The number of benzene rings is 1. The van der Waals surface area contributed by atoms with Gasteiger partial charge in [-0.3, -0.25) is 9.78 Å². The van der Waals surface area contributed by atoms with Crippen molar-refractivity contribution in [3.05, 3.63) is 54.4 Å². The van der Waals surface area contributed by atoms with Crippen molar-refractivity contribution in [1.82, 2.24) is 10.4 Å². The number of pyridine rings is 1. The van der Waals surface area contributed by atoms with Gasteiger partial charge < -0.3 is 9.47 Å². The van der Waals surface area contributed by atoms with Crippen LogP contribution in [0.5, 0.6) is 11.5 Å². The van der Waals surface area contributed by atoms with E-state index in [4.69, 9.17) is 9.47 Å². The molecule has 2 rings (SSSR count). The molecule has 1 heterocycles. The molecule has 0 aliphatic carbocycles. The fraction of sp³-hybridized carbons (Fsp3) is 0.188. The first kappa shape index (κ1) is 15.5. The van der Waals surface area contributed by atoms with E-state index in [1.165, 1.54) is 6.21 Å². The number of carbonyl (C=O) groups is 1. The number of ether oxygens (including phenoxy) is 2. The molecule has 1 aromatic carbocycles. The molecular weight excluding hydrogens is 282 g/mol. The summed E-state index contributed by atoms with van der Waals surface area (Å²) in [6, 6.07) is 10.6. The van der Waals surface area contributed by atoms with Gasteiger partial charge in [0.25, 0.3) is 5.91 Å². The van der Waals surface area contributed by atoms with Crippen molar-refractivity contribution in [2.24, 2.45) is 5.10 Å². The van der Waals surface area contributed by atoms with Crippen LogP contribution in [0.1, 0.15) is 12.5 Å². The number of hydrogen-bond acceptors (Lipinski definition) is 5. The van der Waals surface area contributed by atoms with Gasteiger partial charge in [0.05, 0.1) is 13.3 Å². The SMILES string of the molecule is COc1cccc(OC(C)C(=O)N/N=C/c2ccncc2)c1. The molecule has 6 nitrogen and oxygen atoms in total. The lowest BCUT2D eigenvalue weighted by Crippen LogP contribution is -2.33. The minimum atomic E-state index is -0.679. The van der Waals surface area contributed by atoms with E-state index in [9.17, 15) is 4.79 Å². The average molecular weight is 299 g/mol. The molecule has 2 aromatic rings. The van der Waals surface area contributed by atoms with Gasteiger partial charge in [-0.2, -0.15) is 5.10 Å². The Morgan fingerprint density at radius 3 is 2.73 bits per heavy atom. The molecule has 1 aromatic heterocycles. The summed E-state index contributed by atoms with van der Waals surface area (Å²) in [5.74, 6) is 0.883. The van der Waals surface area contributed by atoms with Gasteiger partial charge >= 0.3 is 0 Å². The summed E-state index contributed by atoms with van der Waals surface area (Å²) in [7, 11) is 1.57. The van der Waals surface area contributed by atoms with Gasteiger partial charge in [-0.15, -0.1) is 0 Å². The Labute approximate surface area is 128 Å². The van der Waals surface area contributed by atoms with Crippen LogP contribution in [0.25, 0.3) is 0 Å². The fourth-order valence-electron chi connectivity index (χ4n) is 1.64. The lowest BCUT2D eigenvalue weighted by molar-refractivity contribution is -0.127. The molecule has 22 heavy (non-hydrogen) atoms. The molecule has 0 aliphatic heterocycles. The zero-order valence-electron chi connectivity index (χ0n) is 12.4. The molecule has 0 fully saturated rings. The first-order chi connectivity index (χ1) is 10.7. The Hall–Kier alpha value is -2.89. The summed E-state index contributed by atoms with van der Waals surface area (Å²) in [6.07, 6.45) is 4.16. The number of aromatic nitrogens is 1. The van der Waals surface area contributed by atoms with E-state index < -0.39 is 6.10 Å². The number of hydrogen-bond donors (Lipinski definition) is 1. The van der Waals surface area contributed by atoms with Gasteiger partial charge in [0.1, 0.15) is 11.5 Å². The quantitative estimate of drug-likeness (QED) is 0.654. The Balaban J connectivity index is 1.88. The van der Waals surface area contributed by atoms with Crippen LogP contribution in [0.4, 0.5) is 0 Å². The summed E-state index contributed by atoms with van der Waals surface area (Å²) in [4.78, 5) is 15.8. The maximum absolute atomic E-state index is 11.9. The predicted octanol–water partition coefficient (Wildman–Crippen LogP) is 2.01. The van der Waals surface area contributed by atoms with Crippen molar-refractivity contribution in [3.8, 4) is 11.5 Å². The van der Waals surface area contributed by atoms with Crippen LogP contribution in [0.2, 0.25) is 0 Å². The second-order valence-corrected chi connectivity index (χ2v) is 4.45. The highest BCUT2D eigenvalue weighted by atomic mass is 16.5. The number of hydrazone groups is 1. The van der Waals surface area contributed by atoms with E-state index in [-0.39, 0.29) is 5.91 Å². The molecule has 1 N–H and O–H groups in total. The zero-order valence-corrected chi connectivity index (χ0v) is 12.4. The van der Waals surface area contributed by atoms with Crippen LogP contribution >= 0.6 is 0 Å². The molecule has 0 saturated carbocycles. The van der Waals surface area contributed by atoms with Crippen LogP contribution in [-0.2, 0) is 4.79 Å². The average Bonchev–Trinajstić information content (AvgIpc) is 2.56. The number of nitrogens with one attached hydrogen (secondary N) is 1. The number of carbonyl (C=O) groups excluding carboxylic acids is 1. The highest BCUT2D eigenvalue weighted by Gasteiger charge is 2.14. The molecule has 0 saturated heterocycles. The van der Waals surface area contributed by atoms with Crippen molar-refractivity contribution < 1.29 is 14.3 Å². The van der Waals surface area contributed by atoms with E-state index in [1.807, 2.05) is 0 Å². The van der Waals surface area contributed by atoms with Gasteiger partial charge in [0, 0.05) is 18.5 Å². The van der Waals surface area contributed by atoms with E-state index >= 15 is 0 Å². The fourth-order valence-corrected chi connectivity index (χ4v) is 1.64. The molecule has 0 spiro atoms. The third kappa shape index (κ3) is 4.59. The van der Waals surface area contributed by atoms with Gasteiger partial charge in [-0.25, -0.2) is 5.43 Å². The van der Waals surface area contributed by atoms with Gasteiger partial charge in [0.2, 0.25) is 0 Å². The zero-order chi connectivity index (χ0) is 15.8. The number of nitrogens with zero attached hydrogens (tertiary/aromatic N) is 2. The largest absolute Gasteiger partial charge is 0.497 e. The standard InChI is InChI=1S/C16H17N3O3/c1-12(22-15-5-3-4-14(10-15)21-2)16(20)19-18-11-13-6-8-17-9-7-13/h3-12H,1-2H3,(H,19,20)/b18-11+. The van der Waals surface area contributed by atoms with E-state index in [0.717, 1.165) is 5.56 Å². The molecule has 1 atom stereocenters. The van der Waals surface area contributed by atoms with E-state index in [1.54, 1.807) is 62.8 Å². The summed E-state index contributed by atoms with van der Waals surface area (Å²) in [5.41, 5.74) is 3.28. The van der Waals surface area contributed by atoms with E-state index in [0.29, 0.717) is 11.5 Å². The minimum Gasteiger partial charge on any atom is -0.497 e. The number of amides is 1. The van der Waals surface area contributed by atoms with Crippen LogP contribution in [0.15, 0.2) is 53.9 Å². The molecule has 1 unspecified atom stereocenters. The topological polar surface area (TPSA) is 72.8 Å². The summed E-state index contributed by atoms with van der Waals surface area (Å²) in [5, 5.41) is 3.88. The Morgan fingerprint density at radius 2 is 2.00 bits per heavy atom. The molecule has 1 amide bonds. The van der Waals surface area contributed by atoms with Gasteiger partial charge in [-0.1, -0.05) is 6.07 Å². The van der Waals surface area contributed by atoms with Crippen LogP contribution in [0, 0.1) is 0 Å². The highest BCUT2D eigenvalue weighted by Crippen LogP contribution is 2.19. The minimum absolute atomic E-state index is 0.340. The maximum atomic E-state index is 11.9. The van der Waals surface area contributed by atoms with Crippen LogP contribution in [-0.4, -0.2) is 30.3 Å². The summed E-state index contributed by atoms with van der Waals surface area (Å²) >= 11 is 0. The summed E-state index contributed by atoms with van der Waals surface area (Å²) < 4.78 is 10.6. The Bertz CT molecular complexity index is 644. The maximum Gasteiger partial charge on any atom is 0.280 e.